The maximum atomic E-state index is 11.0. The van der Waals surface area contributed by atoms with Crippen molar-refractivity contribution in [2.24, 2.45) is 0 Å². The minimum atomic E-state index is -3.59. The highest BCUT2D eigenvalue weighted by Gasteiger charge is 2.31. The van der Waals surface area contributed by atoms with E-state index in [1.165, 1.54) is 0 Å². The monoisotopic (exact) mass is 384 g/mol. The van der Waals surface area contributed by atoms with Crippen molar-refractivity contribution < 1.29 is 28.9 Å². The molecule has 0 fully saturated rings. The molecule has 0 amide bonds. The normalized spacial score (nSPS) is 13.0. The maximum Gasteiger partial charge on any atom is 0.509 e. The van der Waals surface area contributed by atoms with Crippen molar-refractivity contribution in [2.75, 3.05) is 12.7 Å². The summed E-state index contributed by atoms with van der Waals surface area (Å²) < 4.78 is 9.91. The van der Waals surface area contributed by atoms with Crippen LogP contribution in [0.15, 0.2) is 0 Å². The van der Waals surface area contributed by atoms with Gasteiger partial charge in [0.05, 0.1) is 0 Å². The molecule has 3 N–H and O–H groups in total. The Morgan fingerprint density at radius 3 is 1.40 bits per heavy atom. The highest BCUT2D eigenvalue weighted by molar-refractivity contribution is 7.58. The van der Waals surface area contributed by atoms with Crippen LogP contribution in [0.3, 0.4) is 0 Å². The minimum absolute atomic E-state index is 0.0589. The average Bonchev–Trinajstić information content (AvgIpc) is 2.20. The fourth-order valence-electron chi connectivity index (χ4n) is 1.88. The molecule has 0 aromatic heterocycles. The molecule has 0 aliphatic carbocycles. The zero-order valence-electron chi connectivity index (χ0n) is 17.5. The molecule has 0 aromatic carbocycles. The zero-order valence-corrected chi connectivity index (χ0v) is 18.4. The molecule has 0 radical (unpaired) electrons. The molecule has 0 unspecified atom stereocenters. The molecule has 0 spiro atoms. The van der Waals surface area contributed by atoms with Crippen molar-refractivity contribution in [1.82, 2.24) is 4.90 Å². The van der Waals surface area contributed by atoms with E-state index in [0.29, 0.717) is 18.6 Å². The van der Waals surface area contributed by atoms with Crippen LogP contribution in [0, 0.1) is 0 Å². The summed E-state index contributed by atoms with van der Waals surface area (Å²) in [6, 6.07) is 0.707. The first-order chi connectivity index (χ1) is 10.8. The summed E-state index contributed by atoms with van der Waals surface area (Å²) in [7, 11) is -3.59. The molecule has 0 aliphatic rings. The van der Waals surface area contributed by atoms with E-state index in [2.05, 4.69) is 4.90 Å². The second kappa shape index (κ2) is 10.6. The van der Waals surface area contributed by atoms with E-state index in [1.54, 1.807) is 41.5 Å². The Labute approximate surface area is 153 Å². The highest BCUT2D eigenvalue weighted by atomic mass is 31.2. The molecule has 0 rings (SSSR count). The predicted octanol–water partition coefficient (Wildman–Crippen LogP) is 3.58. The van der Waals surface area contributed by atoms with Gasteiger partial charge in [-0.25, -0.2) is 4.79 Å². The van der Waals surface area contributed by atoms with Crippen molar-refractivity contribution in [3.8, 4) is 0 Å². The van der Waals surface area contributed by atoms with Gasteiger partial charge in [0.1, 0.15) is 11.2 Å². The predicted molar refractivity (Wildman–Crippen MR) is 102 cm³/mol. The first-order valence-electron chi connectivity index (χ1n) is 8.58. The van der Waals surface area contributed by atoms with Crippen molar-refractivity contribution >= 4 is 14.1 Å². The number of hydrogen-bond donors (Lipinski definition) is 3. The van der Waals surface area contributed by atoms with E-state index in [9.17, 15) is 4.79 Å². The topological polar surface area (TPSA) is 99.5 Å². The molecule has 0 bridgehead atoms. The van der Waals surface area contributed by atoms with Gasteiger partial charge in [-0.3, -0.25) is 4.90 Å². The third-order valence-electron chi connectivity index (χ3n) is 2.76. The van der Waals surface area contributed by atoms with Gasteiger partial charge in [0.25, 0.3) is 0 Å². The van der Waals surface area contributed by atoms with E-state index in [4.69, 9.17) is 24.2 Å². The van der Waals surface area contributed by atoms with Gasteiger partial charge in [0.2, 0.25) is 0 Å². The van der Waals surface area contributed by atoms with Crippen LogP contribution in [0.4, 0.5) is 4.79 Å². The lowest BCUT2D eigenvalue weighted by Crippen LogP contribution is -2.39. The van der Waals surface area contributed by atoms with Crippen LogP contribution in [0.5, 0.6) is 0 Å². The molecular formula is C17H39NO6P+. The summed E-state index contributed by atoms with van der Waals surface area (Å²) in [6.45, 7) is 19.5. The van der Waals surface area contributed by atoms with Gasteiger partial charge in [0.15, 0.2) is 6.16 Å². The minimum Gasteiger partial charge on any atom is -0.429 e. The Morgan fingerprint density at radius 1 is 0.880 bits per heavy atom. The molecule has 152 valence electrons. The molecule has 8 heteroatoms. The standard InChI is InChI=1S/C9H18O3.C8H21NO3P/c1-8(2,3)11-7(10)12-9(4,5)6;1-7(2)9(8(3)4)5-6-13(10,11)12/h1-6H3;7-8,10-12H,5-6H2,1-4H3/q;+1. The summed E-state index contributed by atoms with van der Waals surface area (Å²) in [4.78, 5) is 39.6. The van der Waals surface area contributed by atoms with Crippen molar-refractivity contribution in [3.05, 3.63) is 0 Å². The first-order valence-corrected chi connectivity index (χ1v) is 10.4. The number of rotatable bonds is 5. The van der Waals surface area contributed by atoms with Crippen LogP contribution in [0.1, 0.15) is 69.2 Å². The number of carbonyl (C=O) groups excluding carboxylic acids is 1. The highest BCUT2D eigenvalue weighted by Crippen LogP contribution is 2.43. The van der Waals surface area contributed by atoms with Gasteiger partial charge in [-0.2, -0.15) is 14.7 Å². The van der Waals surface area contributed by atoms with Gasteiger partial charge < -0.3 is 9.47 Å². The molecule has 0 atom stereocenters. The van der Waals surface area contributed by atoms with E-state index in [0.717, 1.165) is 0 Å². The van der Waals surface area contributed by atoms with Gasteiger partial charge in [-0.15, -0.1) is 0 Å². The molecule has 7 nitrogen and oxygen atoms in total. The van der Waals surface area contributed by atoms with E-state index in [-0.39, 0.29) is 6.16 Å². The smallest absolute Gasteiger partial charge is 0.429 e. The third kappa shape index (κ3) is 19.7. The Balaban J connectivity index is 0. The Morgan fingerprint density at radius 2 is 1.20 bits per heavy atom. The van der Waals surface area contributed by atoms with E-state index >= 15 is 0 Å². The quantitative estimate of drug-likeness (QED) is 0.492. The zero-order chi connectivity index (χ0) is 20.6. The lowest BCUT2D eigenvalue weighted by atomic mass is 10.2. The van der Waals surface area contributed by atoms with Crippen molar-refractivity contribution in [3.63, 3.8) is 0 Å². The Kier molecular flexibility index (Phi) is 11.4. The fraction of sp³-hybridized carbons (Fsp3) is 0.941. The fourth-order valence-corrected chi connectivity index (χ4v) is 2.38. The van der Waals surface area contributed by atoms with Gasteiger partial charge in [-0.05, 0) is 69.2 Å². The number of nitrogens with zero attached hydrogens (tertiary/aromatic N) is 1. The summed E-state index contributed by atoms with van der Waals surface area (Å²) in [5.41, 5.74) is -0.968. The number of hydrogen-bond acceptors (Lipinski definition) is 7. The summed E-state index contributed by atoms with van der Waals surface area (Å²) in [5.74, 6) is 0. The van der Waals surface area contributed by atoms with Crippen LogP contribution in [-0.4, -0.2) is 61.7 Å². The summed E-state index contributed by atoms with van der Waals surface area (Å²) in [5, 5.41) is 0. The average molecular weight is 384 g/mol. The molecule has 0 aromatic rings. The molecule has 0 heterocycles. The van der Waals surface area contributed by atoms with Crippen molar-refractivity contribution in [2.45, 2.75) is 92.5 Å². The van der Waals surface area contributed by atoms with E-state index < -0.39 is 25.3 Å². The molecular weight excluding hydrogens is 345 g/mol. The van der Waals surface area contributed by atoms with Crippen LogP contribution in [0.2, 0.25) is 0 Å². The molecule has 0 saturated heterocycles. The van der Waals surface area contributed by atoms with Crippen LogP contribution in [0.25, 0.3) is 0 Å². The Bertz CT molecular complexity index is 354. The first kappa shape index (κ1) is 26.8. The van der Waals surface area contributed by atoms with Crippen LogP contribution in [-0.2, 0) is 9.47 Å². The van der Waals surface area contributed by atoms with Crippen LogP contribution >= 0.6 is 7.94 Å². The molecule has 0 aliphatic heterocycles. The van der Waals surface area contributed by atoms with Gasteiger partial charge >= 0.3 is 14.1 Å². The van der Waals surface area contributed by atoms with E-state index in [1.807, 2.05) is 27.7 Å². The summed E-state index contributed by atoms with van der Waals surface area (Å²) >= 11 is 0. The lowest BCUT2D eigenvalue weighted by Gasteiger charge is -2.29. The maximum absolute atomic E-state index is 11.0. The lowest BCUT2D eigenvalue weighted by molar-refractivity contribution is -0.0468. The molecule has 0 saturated carbocycles. The van der Waals surface area contributed by atoms with Crippen molar-refractivity contribution in [1.29, 1.82) is 0 Å². The number of carbonyl (C=O) groups is 1. The molecule has 25 heavy (non-hydrogen) atoms. The third-order valence-corrected chi connectivity index (χ3v) is 3.56. The van der Waals surface area contributed by atoms with Crippen LogP contribution < -0.4 is 0 Å². The summed E-state index contributed by atoms with van der Waals surface area (Å²) in [6.07, 6.45) is -0.557. The van der Waals surface area contributed by atoms with Gasteiger partial charge in [0, 0.05) is 18.6 Å². The largest absolute Gasteiger partial charge is 0.509 e. The second-order valence-corrected chi connectivity index (χ2v) is 10.4. The Hall–Kier alpha value is -0.460. The SMILES string of the molecule is CC(C)(C)OC(=O)OC(C)(C)C.CC(C)N(CC[P+](O)(O)O)C(C)C. The number of ether oxygens (including phenoxy) is 2. The second-order valence-electron chi connectivity index (χ2n) is 8.52. The van der Waals surface area contributed by atoms with Gasteiger partial charge in [-0.1, -0.05) is 0 Å².